The molecule has 7 nitrogen and oxygen atoms in total. The number of fused-ring (bicyclic) bond motifs is 2. The van der Waals surface area contributed by atoms with E-state index in [1.165, 1.54) is 18.9 Å². The van der Waals surface area contributed by atoms with Crippen molar-refractivity contribution in [1.82, 2.24) is 0 Å². The molecule has 2 aromatic rings. The van der Waals surface area contributed by atoms with E-state index in [-0.39, 0.29) is 17.1 Å². The molecule has 0 bridgehead atoms. The summed E-state index contributed by atoms with van der Waals surface area (Å²) in [5, 5.41) is 11.5. The van der Waals surface area contributed by atoms with Gasteiger partial charge in [-0.1, -0.05) is 56.7 Å². The molecule has 7 heteroatoms. The van der Waals surface area contributed by atoms with E-state index in [1.54, 1.807) is 38.1 Å². The number of ketones is 2. The highest BCUT2D eigenvalue weighted by molar-refractivity contribution is 6.22. The van der Waals surface area contributed by atoms with Gasteiger partial charge in [0.25, 0.3) is 0 Å². The van der Waals surface area contributed by atoms with Crippen LogP contribution in [0.4, 0.5) is 5.69 Å². The van der Waals surface area contributed by atoms with Gasteiger partial charge >= 0.3 is 5.97 Å². The van der Waals surface area contributed by atoms with Crippen molar-refractivity contribution in [2.45, 2.75) is 71.6 Å². The van der Waals surface area contributed by atoms with Crippen molar-refractivity contribution >= 4 is 34.2 Å². The van der Waals surface area contributed by atoms with Gasteiger partial charge in [-0.3, -0.25) is 14.6 Å². The van der Waals surface area contributed by atoms with E-state index in [0.717, 1.165) is 66.9 Å². The monoisotopic (exact) mass is 604 g/mol. The molecule has 0 saturated carbocycles. The number of rotatable bonds is 13. The summed E-state index contributed by atoms with van der Waals surface area (Å²) in [6.45, 7) is 4.18. The van der Waals surface area contributed by atoms with Crippen LogP contribution in [0.2, 0.25) is 0 Å². The van der Waals surface area contributed by atoms with Crippen molar-refractivity contribution < 1.29 is 23.9 Å². The zero-order chi connectivity index (χ0) is 31.9. The summed E-state index contributed by atoms with van der Waals surface area (Å²) in [5.74, 6) is -0.360. The Morgan fingerprint density at radius 2 is 1.53 bits per heavy atom. The Morgan fingerprint density at radius 1 is 0.822 bits per heavy atom. The fourth-order valence-corrected chi connectivity index (χ4v) is 5.98. The number of carboxylic acid groups (broad SMARTS) is 1. The molecule has 0 atom stereocenters. The zero-order valence-corrected chi connectivity index (χ0v) is 26.0. The molecule has 5 rings (SSSR count). The normalized spacial score (nSPS) is 14.1. The Balaban J connectivity index is 1.14. The Bertz CT molecular complexity index is 1860. The summed E-state index contributed by atoms with van der Waals surface area (Å²) in [4.78, 5) is 41.2. The number of nitrogens with zero attached hydrogens (tertiary/aromatic N) is 1. The summed E-state index contributed by atoms with van der Waals surface area (Å²) in [6.07, 6.45) is 10.9. The number of hydrogen-bond donors (Lipinski definition) is 2. The number of carbonyl (C=O) groups is 3. The summed E-state index contributed by atoms with van der Waals surface area (Å²) in [6, 6.07) is 18.3. The molecule has 0 radical (unpaired) electrons. The van der Waals surface area contributed by atoms with Crippen molar-refractivity contribution in [3.63, 3.8) is 0 Å². The lowest BCUT2D eigenvalue weighted by molar-refractivity contribution is -0.116. The minimum absolute atomic E-state index is 0.0283. The topological polar surface area (TPSA) is 123 Å². The van der Waals surface area contributed by atoms with Gasteiger partial charge in [-0.2, -0.15) is 0 Å². The highest BCUT2D eigenvalue weighted by Crippen LogP contribution is 2.41. The predicted octanol–water partition coefficient (Wildman–Crippen LogP) is 8.31. The van der Waals surface area contributed by atoms with Crippen LogP contribution in [0.5, 0.6) is 0 Å². The standard InChI is InChI=1S/C38H40N2O5/c1-24-25(2)37(42)26(21-33(24)41)13-9-7-5-3-4-6-8-12-20-40-28-17-19-32-35(23-28)45-34-22-27(39)16-18-31(34)36(32)29-14-10-11-15-30(29)38(43)44/h10-11,14-19,21-23H,3-9,12-13,20,39H2,1-2H3,(H,43,44). The van der Waals surface area contributed by atoms with E-state index in [1.807, 2.05) is 36.4 Å². The first-order valence-corrected chi connectivity index (χ1v) is 15.8. The van der Waals surface area contributed by atoms with E-state index >= 15 is 0 Å². The number of anilines is 1. The van der Waals surface area contributed by atoms with Gasteiger partial charge in [0.05, 0.1) is 10.9 Å². The number of nitrogens with two attached hydrogens (primary N) is 1. The van der Waals surface area contributed by atoms with E-state index in [9.17, 15) is 19.5 Å². The number of carbonyl (C=O) groups excluding carboxylic acids is 2. The van der Waals surface area contributed by atoms with E-state index in [0.29, 0.717) is 45.7 Å². The molecule has 3 aliphatic rings. The second-order valence-electron chi connectivity index (χ2n) is 11.8. The van der Waals surface area contributed by atoms with Gasteiger partial charge in [0, 0.05) is 57.6 Å². The van der Waals surface area contributed by atoms with Crippen LogP contribution in [0.25, 0.3) is 33.4 Å². The number of unbranched alkanes of at least 4 members (excludes halogenated alkanes) is 7. The van der Waals surface area contributed by atoms with Gasteiger partial charge in [0.15, 0.2) is 11.6 Å². The van der Waals surface area contributed by atoms with Crippen LogP contribution in [-0.4, -0.2) is 29.2 Å². The molecular formula is C38H40N2O5. The third kappa shape index (κ3) is 7.31. The quantitative estimate of drug-likeness (QED) is 0.0685. The van der Waals surface area contributed by atoms with Crippen LogP contribution < -0.4 is 11.1 Å². The molecule has 0 fully saturated rings. The number of aromatic carboxylic acids is 1. The van der Waals surface area contributed by atoms with Crippen molar-refractivity contribution in [3.05, 3.63) is 94.4 Å². The van der Waals surface area contributed by atoms with Crippen LogP contribution in [0, 0.1) is 0 Å². The lowest BCUT2D eigenvalue weighted by Crippen LogP contribution is -2.16. The van der Waals surface area contributed by atoms with Crippen LogP contribution in [-0.2, 0) is 9.59 Å². The number of carboxylic acids is 1. The maximum atomic E-state index is 12.4. The molecule has 0 amide bonds. The van der Waals surface area contributed by atoms with Crippen LogP contribution >= 0.6 is 0 Å². The van der Waals surface area contributed by atoms with E-state index < -0.39 is 5.97 Å². The molecule has 0 unspecified atom stereocenters. The molecule has 1 heterocycles. The van der Waals surface area contributed by atoms with Crippen LogP contribution in [0.15, 0.2) is 92.9 Å². The van der Waals surface area contributed by atoms with Crippen molar-refractivity contribution in [3.8, 4) is 22.5 Å². The lowest BCUT2D eigenvalue weighted by atomic mass is 9.88. The largest absolute Gasteiger partial charge is 0.478 e. The summed E-state index contributed by atoms with van der Waals surface area (Å²) in [5.41, 5.74) is 11.5. The Hall–Kier alpha value is -4.78. The highest BCUT2D eigenvalue weighted by Gasteiger charge is 2.23. The molecule has 45 heavy (non-hydrogen) atoms. The summed E-state index contributed by atoms with van der Waals surface area (Å²) in [7, 11) is 0. The number of benzene rings is 3. The summed E-state index contributed by atoms with van der Waals surface area (Å²) < 4.78 is 6.26. The molecule has 3 N–H and O–H groups in total. The molecule has 1 aliphatic heterocycles. The Morgan fingerprint density at radius 3 is 2.29 bits per heavy atom. The first kappa shape index (κ1) is 31.6. The van der Waals surface area contributed by atoms with Gasteiger partial charge in [-0.15, -0.1) is 0 Å². The first-order valence-electron chi connectivity index (χ1n) is 15.8. The van der Waals surface area contributed by atoms with Crippen LogP contribution in [0.3, 0.4) is 0 Å². The minimum Gasteiger partial charge on any atom is -0.478 e. The SMILES string of the molecule is CC1=C(C)C(=O)C(CCCCCCCCCCN=c2ccc3c(-c4ccccc4C(=O)O)c4ccc(N)cc4oc-3c2)=CC1=O. The van der Waals surface area contributed by atoms with Gasteiger partial charge in [-0.25, -0.2) is 4.79 Å². The minimum atomic E-state index is -0.985. The molecule has 0 saturated heterocycles. The van der Waals surface area contributed by atoms with Crippen molar-refractivity contribution in [2.24, 2.45) is 4.99 Å². The summed E-state index contributed by atoms with van der Waals surface area (Å²) >= 11 is 0. The average molecular weight is 605 g/mol. The second kappa shape index (κ2) is 14.3. The number of allylic oxidation sites excluding steroid dienone is 4. The predicted molar refractivity (Wildman–Crippen MR) is 178 cm³/mol. The maximum absolute atomic E-state index is 12.4. The number of hydrogen-bond acceptors (Lipinski definition) is 6. The van der Waals surface area contributed by atoms with Gasteiger partial charge in [0.1, 0.15) is 11.3 Å². The molecule has 0 aromatic heterocycles. The first-order chi connectivity index (χ1) is 21.7. The molecule has 232 valence electrons. The van der Waals surface area contributed by atoms with E-state index in [2.05, 4.69) is 0 Å². The molecule has 2 aromatic carbocycles. The number of nitrogen functional groups attached to an aromatic ring is 1. The van der Waals surface area contributed by atoms with Gasteiger partial charge < -0.3 is 15.3 Å². The van der Waals surface area contributed by atoms with E-state index in [4.69, 9.17) is 15.1 Å². The lowest BCUT2D eigenvalue weighted by Gasteiger charge is -2.17. The fourth-order valence-electron chi connectivity index (χ4n) is 5.98. The number of Topliss-reactive ketones (excluding diaryl/α,β-unsaturated/α-hetero) is 1. The smallest absolute Gasteiger partial charge is 0.336 e. The Kier molecular flexibility index (Phi) is 10.1. The third-order valence-corrected chi connectivity index (χ3v) is 8.67. The highest BCUT2D eigenvalue weighted by atomic mass is 16.4. The molecular weight excluding hydrogens is 564 g/mol. The Labute approximate surface area is 263 Å². The second-order valence-corrected chi connectivity index (χ2v) is 11.8. The average Bonchev–Trinajstić information content (AvgIpc) is 3.03. The zero-order valence-electron chi connectivity index (χ0n) is 26.0. The fraction of sp³-hybridized carbons (Fsp3) is 0.316. The van der Waals surface area contributed by atoms with Crippen molar-refractivity contribution in [2.75, 3.05) is 12.3 Å². The molecule has 2 aliphatic carbocycles. The molecule has 0 spiro atoms. The van der Waals surface area contributed by atoms with Gasteiger partial charge in [-0.05, 0) is 75.1 Å². The van der Waals surface area contributed by atoms with Crippen LogP contribution in [0.1, 0.15) is 82.0 Å². The third-order valence-electron chi connectivity index (χ3n) is 8.67. The van der Waals surface area contributed by atoms with Crippen molar-refractivity contribution in [1.29, 1.82) is 0 Å². The van der Waals surface area contributed by atoms with Gasteiger partial charge in [0.2, 0.25) is 0 Å². The maximum Gasteiger partial charge on any atom is 0.336 e.